The molecule has 1 aromatic rings. The third-order valence-corrected chi connectivity index (χ3v) is 4.95. The van der Waals surface area contributed by atoms with Crippen molar-refractivity contribution in [1.82, 2.24) is 15.2 Å². The molecule has 2 aliphatic rings. The lowest BCUT2D eigenvalue weighted by Crippen LogP contribution is -2.39. The van der Waals surface area contributed by atoms with Gasteiger partial charge >= 0.3 is 6.09 Å². The van der Waals surface area contributed by atoms with Gasteiger partial charge in [0.15, 0.2) is 0 Å². The van der Waals surface area contributed by atoms with Crippen molar-refractivity contribution in [2.24, 2.45) is 17.8 Å². The third-order valence-electron chi connectivity index (χ3n) is 4.95. The lowest BCUT2D eigenvalue weighted by Gasteiger charge is -2.26. The number of aromatic nitrogens is 1. The van der Waals surface area contributed by atoms with Crippen LogP contribution in [0.25, 0.3) is 6.08 Å². The van der Waals surface area contributed by atoms with Gasteiger partial charge in [-0.25, -0.2) is 4.79 Å². The van der Waals surface area contributed by atoms with Crippen LogP contribution in [0.3, 0.4) is 0 Å². The number of nitrogens with zero attached hydrogens (tertiary/aromatic N) is 2. The number of ether oxygens (including phenoxy) is 1. The minimum atomic E-state index is -0.600. The van der Waals surface area contributed by atoms with Crippen LogP contribution in [0, 0.1) is 17.8 Å². The average molecular weight is 373 g/mol. The van der Waals surface area contributed by atoms with E-state index in [0.29, 0.717) is 13.1 Å². The Morgan fingerprint density at radius 3 is 2.70 bits per heavy atom. The van der Waals surface area contributed by atoms with Gasteiger partial charge in [-0.05, 0) is 56.2 Å². The van der Waals surface area contributed by atoms with Crippen molar-refractivity contribution < 1.29 is 19.4 Å². The Balaban J connectivity index is 1.39. The fourth-order valence-electron chi connectivity index (χ4n) is 3.67. The maximum Gasteiger partial charge on any atom is 0.410 e. The standard InChI is InChI=1S/C20H27N3O4/c1-20(2,3)27-19(26)23-11-14-15(12-23)18(14)16(24)10-22-17(25)7-6-13-5-4-8-21-9-13/h4-9,14-16,18,24H,10-12H2,1-3H3,(H,22,25)/b7-6+/t14-,15+,16?,18?. The van der Waals surface area contributed by atoms with E-state index in [4.69, 9.17) is 4.74 Å². The number of amides is 2. The summed E-state index contributed by atoms with van der Waals surface area (Å²) < 4.78 is 5.38. The van der Waals surface area contributed by atoms with Gasteiger partial charge in [-0.3, -0.25) is 9.78 Å². The highest BCUT2D eigenvalue weighted by Gasteiger charge is 2.59. The molecule has 1 aliphatic carbocycles. The Kier molecular flexibility index (Phi) is 5.51. The van der Waals surface area contributed by atoms with Crippen molar-refractivity contribution in [3.05, 3.63) is 36.2 Å². The van der Waals surface area contributed by atoms with E-state index in [9.17, 15) is 14.7 Å². The number of aliphatic hydroxyl groups is 1. The Morgan fingerprint density at radius 1 is 1.41 bits per heavy atom. The van der Waals surface area contributed by atoms with Crippen molar-refractivity contribution in [3.8, 4) is 0 Å². The minimum Gasteiger partial charge on any atom is -0.444 e. The molecule has 2 N–H and O–H groups in total. The molecule has 3 rings (SSSR count). The van der Waals surface area contributed by atoms with Gasteiger partial charge in [0.05, 0.1) is 6.10 Å². The summed E-state index contributed by atoms with van der Waals surface area (Å²) in [7, 11) is 0. The van der Waals surface area contributed by atoms with E-state index in [0.717, 1.165) is 5.56 Å². The molecule has 1 aliphatic heterocycles. The highest BCUT2D eigenvalue weighted by atomic mass is 16.6. The Morgan fingerprint density at radius 2 is 2.11 bits per heavy atom. The van der Waals surface area contributed by atoms with Crippen LogP contribution in [0.2, 0.25) is 0 Å². The molecule has 4 atom stereocenters. The highest BCUT2D eigenvalue weighted by molar-refractivity contribution is 5.91. The minimum absolute atomic E-state index is 0.131. The maximum atomic E-state index is 12.1. The first-order chi connectivity index (χ1) is 12.7. The third kappa shape index (κ3) is 5.07. The number of piperidine rings is 1. The molecule has 2 fully saturated rings. The van der Waals surface area contributed by atoms with Crippen molar-refractivity contribution in [2.45, 2.75) is 32.5 Å². The molecule has 0 bridgehead atoms. The monoisotopic (exact) mass is 373 g/mol. The number of pyridine rings is 1. The molecule has 0 spiro atoms. The number of fused-ring (bicyclic) bond motifs is 1. The van der Waals surface area contributed by atoms with Crippen LogP contribution >= 0.6 is 0 Å². The lowest BCUT2D eigenvalue weighted by molar-refractivity contribution is -0.117. The molecule has 1 aromatic heterocycles. The molecule has 146 valence electrons. The molecule has 0 radical (unpaired) electrons. The summed E-state index contributed by atoms with van der Waals surface area (Å²) in [6.07, 6.45) is 5.55. The molecule has 1 saturated carbocycles. The number of aliphatic hydroxyl groups excluding tert-OH is 1. The largest absolute Gasteiger partial charge is 0.444 e. The molecule has 1 saturated heterocycles. The van der Waals surface area contributed by atoms with E-state index in [1.54, 1.807) is 29.4 Å². The molecule has 2 heterocycles. The zero-order chi connectivity index (χ0) is 19.6. The average Bonchev–Trinajstić information content (AvgIpc) is 3.11. The van der Waals surface area contributed by atoms with E-state index < -0.39 is 11.7 Å². The Labute approximate surface area is 159 Å². The summed E-state index contributed by atoms with van der Waals surface area (Å²) in [5.74, 6) is 0.455. The highest BCUT2D eigenvalue weighted by Crippen LogP contribution is 2.53. The van der Waals surface area contributed by atoms with Gasteiger partial charge < -0.3 is 20.1 Å². The van der Waals surface area contributed by atoms with E-state index in [2.05, 4.69) is 10.3 Å². The summed E-state index contributed by atoms with van der Waals surface area (Å²) in [6.45, 7) is 6.96. The van der Waals surface area contributed by atoms with Gasteiger partial charge in [0, 0.05) is 38.1 Å². The second kappa shape index (κ2) is 7.68. The van der Waals surface area contributed by atoms with E-state index >= 15 is 0 Å². The molecule has 7 nitrogen and oxygen atoms in total. The number of hydrogen-bond acceptors (Lipinski definition) is 5. The molecule has 2 amide bonds. The van der Waals surface area contributed by atoms with Gasteiger partial charge in [-0.2, -0.15) is 0 Å². The fraction of sp³-hybridized carbons (Fsp3) is 0.550. The number of carbonyl (C=O) groups is 2. The van der Waals surface area contributed by atoms with Gasteiger partial charge in [0.2, 0.25) is 5.91 Å². The van der Waals surface area contributed by atoms with Crippen molar-refractivity contribution in [2.75, 3.05) is 19.6 Å². The number of nitrogens with one attached hydrogen (secondary N) is 1. The molecular weight excluding hydrogens is 346 g/mol. The van der Waals surface area contributed by atoms with Crippen LogP contribution in [0.5, 0.6) is 0 Å². The van der Waals surface area contributed by atoms with Gasteiger partial charge in [-0.1, -0.05) is 6.07 Å². The van der Waals surface area contributed by atoms with Crippen LogP contribution in [0.1, 0.15) is 26.3 Å². The van der Waals surface area contributed by atoms with Crippen LogP contribution in [-0.2, 0) is 9.53 Å². The molecule has 2 unspecified atom stereocenters. The number of rotatable bonds is 5. The normalized spacial score (nSPS) is 25.2. The van der Waals surface area contributed by atoms with Crippen molar-refractivity contribution >= 4 is 18.1 Å². The van der Waals surface area contributed by atoms with Gasteiger partial charge in [0.1, 0.15) is 5.60 Å². The summed E-state index contributed by atoms with van der Waals surface area (Å²) >= 11 is 0. The first-order valence-electron chi connectivity index (χ1n) is 9.26. The second-order valence-corrected chi connectivity index (χ2v) is 8.22. The molecule has 0 aromatic carbocycles. The summed E-state index contributed by atoms with van der Waals surface area (Å²) in [5, 5.41) is 13.1. The predicted octanol–water partition coefficient (Wildman–Crippen LogP) is 1.68. The quantitative estimate of drug-likeness (QED) is 0.767. The fourth-order valence-corrected chi connectivity index (χ4v) is 3.67. The first-order valence-corrected chi connectivity index (χ1v) is 9.26. The van der Waals surface area contributed by atoms with Crippen LogP contribution in [0.4, 0.5) is 4.79 Å². The van der Waals surface area contributed by atoms with E-state index in [-0.39, 0.29) is 36.3 Å². The van der Waals surface area contributed by atoms with Crippen LogP contribution in [-0.4, -0.2) is 58.3 Å². The van der Waals surface area contributed by atoms with Gasteiger partial charge in [0.25, 0.3) is 0 Å². The summed E-state index contributed by atoms with van der Waals surface area (Å²) in [5.41, 5.74) is 0.336. The Bertz CT molecular complexity index is 702. The van der Waals surface area contributed by atoms with E-state index in [1.807, 2.05) is 26.8 Å². The smallest absolute Gasteiger partial charge is 0.410 e. The van der Waals surface area contributed by atoms with E-state index in [1.165, 1.54) is 6.08 Å². The van der Waals surface area contributed by atoms with Gasteiger partial charge in [-0.15, -0.1) is 0 Å². The lowest BCUT2D eigenvalue weighted by atomic mass is 10.1. The number of likely N-dealkylation sites (tertiary alicyclic amines) is 1. The molecular formula is C20H27N3O4. The Hall–Kier alpha value is -2.41. The number of hydrogen-bond donors (Lipinski definition) is 2. The zero-order valence-electron chi connectivity index (χ0n) is 16.0. The van der Waals surface area contributed by atoms with Crippen LogP contribution in [0.15, 0.2) is 30.6 Å². The second-order valence-electron chi connectivity index (χ2n) is 8.22. The first kappa shape index (κ1) is 19.4. The SMILES string of the molecule is CC(C)(C)OC(=O)N1C[C@@H]2C(C(O)CNC(=O)/C=C/c3cccnc3)[C@@H]2C1. The maximum absolute atomic E-state index is 12.1. The topological polar surface area (TPSA) is 91.8 Å². The summed E-state index contributed by atoms with van der Waals surface area (Å²) in [4.78, 5) is 29.7. The predicted molar refractivity (Wildman–Crippen MR) is 101 cm³/mol. The number of carbonyl (C=O) groups excluding carboxylic acids is 2. The molecule has 7 heteroatoms. The van der Waals surface area contributed by atoms with Crippen molar-refractivity contribution in [3.63, 3.8) is 0 Å². The summed E-state index contributed by atoms with van der Waals surface area (Å²) in [6, 6.07) is 3.65. The van der Waals surface area contributed by atoms with Crippen molar-refractivity contribution in [1.29, 1.82) is 0 Å². The van der Waals surface area contributed by atoms with Crippen LogP contribution < -0.4 is 5.32 Å². The molecule has 27 heavy (non-hydrogen) atoms. The zero-order valence-corrected chi connectivity index (χ0v) is 16.0.